The quantitative estimate of drug-likeness (QED) is 0.759. The number of rotatable bonds is 9. The molecule has 0 fully saturated rings. The van der Waals surface area contributed by atoms with Gasteiger partial charge in [-0.3, -0.25) is 14.6 Å². The van der Waals surface area contributed by atoms with Gasteiger partial charge < -0.3 is 14.6 Å². The molecule has 2 aromatic rings. The number of nitrogens with one attached hydrogen (secondary N) is 1. The van der Waals surface area contributed by atoms with Crippen molar-refractivity contribution in [3.63, 3.8) is 0 Å². The van der Waals surface area contributed by atoms with Crippen molar-refractivity contribution in [3.05, 3.63) is 53.7 Å². The fraction of sp³-hybridized carbons (Fsp3) is 0.421. The minimum atomic E-state index is -0.0885. The lowest BCUT2D eigenvalue weighted by molar-refractivity contribution is -0.121. The Morgan fingerprint density at radius 1 is 1.24 bits per heavy atom. The van der Waals surface area contributed by atoms with Crippen LogP contribution in [-0.2, 0) is 11.2 Å². The molecule has 0 radical (unpaired) electrons. The number of carbonyl (C=O) groups is 2. The van der Waals surface area contributed by atoms with E-state index >= 15 is 0 Å². The maximum Gasteiger partial charge on any atom is 0.257 e. The first-order valence-corrected chi connectivity index (χ1v) is 8.61. The van der Waals surface area contributed by atoms with Crippen molar-refractivity contribution >= 4 is 11.8 Å². The third-order valence-electron chi connectivity index (χ3n) is 3.91. The van der Waals surface area contributed by atoms with Gasteiger partial charge in [0.25, 0.3) is 5.91 Å². The summed E-state index contributed by atoms with van der Waals surface area (Å²) < 4.78 is 5.20. The van der Waals surface area contributed by atoms with Gasteiger partial charge in [-0.1, -0.05) is 13.0 Å². The number of pyridine rings is 1. The molecule has 0 saturated heterocycles. The summed E-state index contributed by atoms with van der Waals surface area (Å²) in [6, 6.07) is 7.40. The average molecular weight is 343 g/mol. The van der Waals surface area contributed by atoms with E-state index in [2.05, 4.69) is 10.3 Å². The summed E-state index contributed by atoms with van der Waals surface area (Å²) in [6.45, 7) is 5.33. The molecule has 25 heavy (non-hydrogen) atoms. The van der Waals surface area contributed by atoms with Crippen LogP contribution in [-0.4, -0.2) is 41.3 Å². The summed E-state index contributed by atoms with van der Waals surface area (Å²) in [6.07, 6.45) is 5.06. The number of hydrogen-bond donors (Lipinski definition) is 1. The molecule has 0 atom stereocenters. The SMILES string of the molecule is CCCN(CCC(=O)NCCc1ccccn1)C(=O)c1ccoc1C. The molecular weight excluding hydrogens is 318 g/mol. The highest BCUT2D eigenvalue weighted by Gasteiger charge is 2.19. The van der Waals surface area contributed by atoms with Crippen molar-refractivity contribution in [1.29, 1.82) is 0 Å². The van der Waals surface area contributed by atoms with Gasteiger partial charge in [0.05, 0.1) is 11.8 Å². The summed E-state index contributed by atoms with van der Waals surface area (Å²) in [5.74, 6) is 0.453. The highest BCUT2D eigenvalue weighted by molar-refractivity contribution is 5.95. The first-order valence-electron chi connectivity index (χ1n) is 8.61. The molecule has 0 aliphatic rings. The van der Waals surface area contributed by atoms with Gasteiger partial charge in [-0.25, -0.2) is 0 Å². The fourth-order valence-electron chi connectivity index (χ4n) is 2.56. The molecule has 2 rings (SSSR count). The van der Waals surface area contributed by atoms with Crippen LogP contribution in [0, 0.1) is 6.92 Å². The Bertz CT molecular complexity index is 682. The van der Waals surface area contributed by atoms with Crippen LogP contribution in [0.2, 0.25) is 0 Å². The van der Waals surface area contributed by atoms with E-state index in [-0.39, 0.29) is 18.2 Å². The van der Waals surface area contributed by atoms with E-state index in [1.807, 2.05) is 25.1 Å². The van der Waals surface area contributed by atoms with Crippen LogP contribution in [0.4, 0.5) is 0 Å². The number of carbonyl (C=O) groups excluding carboxylic acids is 2. The topological polar surface area (TPSA) is 75.4 Å². The van der Waals surface area contributed by atoms with Crippen LogP contribution < -0.4 is 5.32 Å². The number of nitrogens with zero attached hydrogens (tertiary/aromatic N) is 2. The van der Waals surface area contributed by atoms with E-state index < -0.39 is 0 Å². The van der Waals surface area contributed by atoms with Crippen LogP contribution in [0.3, 0.4) is 0 Å². The van der Waals surface area contributed by atoms with Crippen LogP contribution in [0.15, 0.2) is 41.1 Å². The lowest BCUT2D eigenvalue weighted by atomic mass is 10.2. The predicted molar refractivity (Wildman–Crippen MR) is 95.2 cm³/mol. The molecule has 0 aliphatic carbocycles. The minimum Gasteiger partial charge on any atom is -0.469 e. The van der Waals surface area contributed by atoms with Crippen molar-refractivity contribution in [3.8, 4) is 0 Å². The maximum absolute atomic E-state index is 12.6. The second-order valence-electron chi connectivity index (χ2n) is 5.85. The summed E-state index contributed by atoms with van der Waals surface area (Å²) in [5.41, 5.74) is 1.50. The summed E-state index contributed by atoms with van der Waals surface area (Å²) in [4.78, 5) is 30.5. The summed E-state index contributed by atoms with van der Waals surface area (Å²) >= 11 is 0. The molecule has 2 aromatic heterocycles. The van der Waals surface area contributed by atoms with E-state index in [1.165, 1.54) is 6.26 Å². The van der Waals surface area contributed by atoms with E-state index in [9.17, 15) is 9.59 Å². The van der Waals surface area contributed by atoms with Crippen molar-refractivity contribution < 1.29 is 14.0 Å². The zero-order valence-electron chi connectivity index (χ0n) is 14.8. The molecule has 6 heteroatoms. The zero-order valence-corrected chi connectivity index (χ0v) is 14.8. The van der Waals surface area contributed by atoms with Crippen LogP contribution in [0.25, 0.3) is 0 Å². The van der Waals surface area contributed by atoms with Crippen LogP contribution >= 0.6 is 0 Å². The largest absolute Gasteiger partial charge is 0.469 e. The van der Waals surface area contributed by atoms with Gasteiger partial charge in [-0.15, -0.1) is 0 Å². The van der Waals surface area contributed by atoms with Crippen molar-refractivity contribution in [1.82, 2.24) is 15.2 Å². The molecule has 0 aliphatic heterocycles. The number of furan rings is 1. The monoisotopic (exact) mass is 343 g/mol. The van der Waals surface area contributed by atoms with Crippen molar-refractivity contribution in [2.45, 2.75) is 33.1 Å². The Hall–Kier alpha value is -2.63. The zero-order chi connectivity index (χ0) is 18.1. The van der Waals surface area contributed by atoms with Crippen molar-refractivity contribution in [2.75, 3.05) is 19.6 Å². The van der Waals surface area contributed by atoms with E-state index in [4.69, 9.17) is 4.42 Å². The standard InChI is InChI=1S/C19H25N3O3/c1-3-12-22(19(24)17-9-14-25-15(17)2)13-8-18(23)21-11-7-16-6-4-5-10-20-16/h4-6,9-10,14H,3,7-8,11-13H2,1-2H3,(H,21,23). The number of hydrogen-bond acceptors (Lipinski definition) is 4. The molecule has 0 bridgehead atoms. The third-order valence-corrected chi connectivity index (χ3v) is 3.91. The van der Waals surface area contributed by atoms with Gasteiger partial charge in [0.15, 0.2) is 0 Å². The molecule has 0 spiro atoms. The van der Waals surface area contributed by atoms with Gasteiger partial charge in [0.1, 0.15) is 5.76 Å². The second-order valence-corrected chi connectivity index (χ2v) is 5.85. The second kappa shape index (κ2) is 9.61. The Kier molecular flexibility index (Phi) is 7.19. The molecule has 6 nitrogen and oxygen atoms in total. The fourth-order valence-corrected chi connectivity index (χ4v) is 2.56. The van der Waals surface area contributed by atoms with E-state index in [1.54, 1.807) is 24.1 Å². The first-order chi connectivity index (χ1) is 12.1. The lowest BCUT2D eigenvalue weighted by Gasteiger charge is -2.21. The van der Waals surface area contributed by atoms with Gasteiger partial charge in [-0.05, 0) is 31.5 Å². The molecular formula is C19H25N3O3. The van der Waals surface area contributed by atoms with Gasteiger partial charge in [0.2, 0.25) is 5.91 Å². The molecule has 1 N–H and O–H groups in total. The summed E-state index contributed by atoms with van der Waals surface area (Å²) in [7, 11) is 0. The van der Waals surface area contributed by atoms with Crippen LogP contribution in [0.5, 0.6) is 0 Å². The normalized spacial score (nSPS) is 10.5. The number of amides is 2. The highest BCUT2D eigenvalue weighted by atomic mass is 16.3. The Labute approximate surface area is 148 Å². The van der Waals surface area contributed by atoms with Gasteiger partial charge in [-0.2, -0.15) is 0 Å². The Balaban J connectivity index is 1.79. The summed E-state index contributed by atoms with van der Waals surface area (Å²) in [5, 5.41) is 2.88. The molecule has 0 aromatic carbocycles. The maximum atomic E-state index is 12.6. The predicted octanol–water partition coefficient (Wildman–Crippen LogP) is 2.58. The smallest absolute Gasteiger partial charge is 0.257 e. The third kappa shape index (κ3) is 5.74. The molecule has 2 heterocycles. The van der Waals surface area contributed by atoms with Crippen LogP contribution in [0.1, 0.15) is 41.6 Å². The van der Waals surface area contributed by atoms with Gasteiger partial charge in [0, 0.05) is 44.4 Å². The highest BCUT2D eigenvalue weighted by Crippen LogP contribution is 2.12. The molecule has 0 saturated carbocycles. The molecule has 134 valence electrons. The number of aryl methyl sites for hydroxylation is 1. The Morgan fingerprint density at radius 2 is 2.08 bits per heavy atom. The molecule has 0 unspecified atom stereocenters. The first kappa shape index (κ1) is 18.7. The minimum absolute atomic E-state index is 0.0613. The van der Waals surface area contributed by atoms with Crippen molar-refractivity contribution in [2.24, 2.45) is 0 Å². The molecule has 2 amide bonds. The van der Waals surface area contributed by atoms with E-state index in [0.29, 0.717) is 37.4 Å². The number of aromatic nitrogens is 1. The van der Waals surface area contributed by atoms with E-state index in [0.717, 1.165) is 12.1 Å². The average Bonchev–Trinajstić information content (AvgIpc) is 3.05. The lowest BCUT2D eigenvalue weighted by Crippen LogP contribution is -2.36. The Morgan fingerprint density at radius 3 is 2.72 bits per heavy atom. The van der Waals surface area contributed by atoms with Gasteiger partial charge >= 0.3 is 0 Å².